The molecule has 0 amide bonds. The van der Waals surface area contributed by atoms with Gasteiger partial charge < -0.3 is 14.2 Å². The Morgan fingerprint density at radius 1 is 1.11 bits per heavy atom. The molecule has 1 aliphatic rings. The molecular weight excluding hydrogens is 464 g/mol. The minimum absolute atomic E-state index is 0.219. The zero-order valence-corrected chi connectivity index (χ0v) is 21.3. The lowest BCUT2D eigenvalue weighted by molar-refractivity contribution is -0.139. The number of hydrogen-bond donors (Lipinski definition) is 0. The fraction of sp³-hybridized carbons (Fsp3) is 0.296. The first-order valence-electron chi connectivity index (χ1n) is 11.5. The number of fused-ring (bicyclic) bond motifs is 1. The molecule has 1 atom stereocenters. The second kappa shape index (κ2) is 10.3. The van der Waals surface area contributed by atoms with E-state index in [4.69, 9.17) is 14.2 Å². The number of carbonyl (C=O) groups excluding carboxylic acids is 1. The van der Waals surface area contributed by atoms with Crippen molar-refractivity contribution in [3.05, 3.63) is 90.1 Å². The van der Waals surface area contributed by atoms with Crippen molar-refractivity contribution >= 4 is 23.4 Å². The number of methoxy groups -OCH3 is 1. The van der Waals surface area contributed by atoms with Crippen molar-refractivity contribution in [2.45, 2.75) is 33.7 Å². The molecule has 0 saturated heterocycles. The number of hydrogen-bond acceptors (Lipinski definition) is 7. The minimum atomic E-state index is -0.715. The Morgan fingerprint density at radius 2 is 1.89 bits per heavy atom. The fourth-order valence-electron chi connectivity index (χ4n) is 4.22. The lowest BCUT2D eigenvalue weighted by Gasteiger charge is -2.26. The van der Waals surface area contributed by atoms with Crippen LogP contribution in [0.2, 0.25) is 0 Å². The lowest BCUT2D eigenvalue weighted by Crippen LogP contribution is -2.40. The normalized spacial score (nSPS) is 15.5. The molecule has 2 aromatic carbocycles. The number of allylic oxidation sites excluding steroid dienone is 1. The molecule has 35 heavy (non-hydrogen) atoms. The van der Waals surface area contributed by atoms with Crippen LogP contribution in [0.5, 0.6) is 11.5 Å². The Bertz CT molecular complexity index is 1480. The third-order valence-electron chi connectivity index (χ3n) is 5.75. The van der Waals surface area contributed by atoms with Gasteiger partial charge in [0.05, 0.1) is 36.1 Å². The highest BCUT2D eigenvalue weighted by molar-refractivity contribution is 7.07. The standard InChI is InChI=1S/C27H28N2O5S/c1-6-33-21-11-9-8-10-19(21)24-23(26(31)34-7-2)17(4)28-27-29(24)25(30)22(35-27)15-18-12-13-20(32-5)16(3)14-18/h8-15,24H,6-7H2,1-5H3/b22-15-/t24-/m0/s1. The van der Waals surface area contributed by atoms with Gasteiger partial charge in [-0.1, -0.05) is 35.6 Å². The van der Waals surface area contributed by atoms with Crippen LogP contribution in [0.1, 0.15) is 43.5 Å². The van der Waals surface area contributed by atoms with E-state index in [2.05, 4.69) is 4.99 Å². The molecule has 0 aliphatic carbocycles. The molecule has 1 aliphatic heterocycles. The van der Waals surface area contributed by atoms with Gasteiger partial charge in [0, 0.05) is 5.56 Å². The van der Waals surface area contributed by atoms with Gasteiger partial charge in [-0.05, 0) is 63.1 Å². The van der Waals surface area contributed by atoms with E-state index in [1.165, 1.54) is 11.3 Å². The summed E-state index contributed by atoms with van der Waals surface area (Å²) in [5.41, 5.74) is 3.18. The zero-order valence-electron chi connectivity index (χ0n) is 20.5. The van der Waals surface area contributed by atoms with E-state index < -0.39 is 12.0 Å². The third-order valence-corrected chi connectivity index (χ3v) is 6.73. The van der Waals surface area contributed by atoms with Crippen LogP contribution >= 0.6 is 11.3 Å². The number of carbonyl (C=O) groups is 1. The monoisotopic (exact) mass is 492 g/mol. The van der Waals surface area contributed by atoms with E-state index in [1.807, 2.05) is 62.4 Å². The van der Waals surface area contributed by atoms with Gasteiger partial charge in [-0.3, -0.25) is 9.36 Å². The van der Waals surface area contributed by atoms with Crippen molar-refractivity contribution in [3.63, 3.8) is 0 Å². The highest BCUT2D eigenvalue weighted by Crippen LogP contribution is 2.35. The number of aryl methyl sites for hydroxylation is 1. The van der Waals surface area contributed by atoms with Gasteiger partial charge in [0.15, 0.2) is 4.80 Å². The predicted molar refractivity (Wildman–Crippen MR) is 136 cm³/mol. The molecule has 0 spiro atoms. The molecule has 0 N–H and O–H groups in total. The predicted octanol–water partition coefficient (Wildman–Crippen LogP) is 3.51. The molecule has 0 radical (unpaired) electrons. The summed E-state index contributed by atoms with van der Waals surface area (Å²) in [6, 6.07) is 12.5. The molecule has 8 heteroatoms. The maximum atomic E-state index is 13.8. The summed E-state index contributed by atoms with van der Waals surface area (Å²) in [4.78, 5) is 32.0. The maximum Gasteiger partial charge on any atom is 0.338 e. The molecular formula is C27H28N2O5S. The summed E-state index contributed by atoms with van der Waals surface area (Å²) in [6.07, 6.45) is 1.84. The Hall–Kier alpha value is -3.65. The Balaban J connectivity index is 1.96. The van der Waals surface area contributed by atoms with E-state index in [0.29, 0.717) is 38.5 Å². The molecule has 1 aromatic heterocycles. The topological polar surface area (TPSA) is 79.1 Å². The molecule has 2 heterocycles. The molecule has 0 bridgehead atoms. The number of aromatic nitrogens is 1. The smallest absolute Gasteiger partial charge is 0.338 e. The zero-order chi connectivity index (χ0) is 25.1. The number of esters is 1. The highest BCUT2D eigenvalue weighted by atomic mass is 32.1. The quantitative estimate of drug-likeness (QED) is 0.472. The highest BCUT2D eigenvalue weighted by Gasteiger charge is 2.35. The van der Waals surface area contributed by atoms with E-state index in [9.17, 15) is 9.59 Å². The summed E-state index contributed by atoms with van der Waals surface area (Å²) in [5, 5.41) is 0. The van der Waals surface area contributed by atoms with Crippen molar-refractivity contribution in [3.8, 4) is 11.5 Å². The summed E-state index contributed by atoms with van der Waals surface area (Å²) in [5.74, 6) is 0.896. The first kappa shape index (κ1) is 24.5. The summed E-state index contributed by atoms with van der Waals surface area (Å²) < 4.78 is 18.7. The number of para-hydroxylation sites is 1. The van der Waals surface area contributed by atoms with Gasteiger partial charge in [-0.25, -0.2) is 9.79 Å². The summed E-state index contributed by atoms with van der Waals surface area (Å²) >= 11 is 1.29. The average molecular weight is 493 g/mol. The van der Waals surface area contributed by atoms with Crippen molar-refractivity contribution in [2.24, 2.45) is 4.99 Å². The lowest BCUT2D eigenvalue weighted by atomic mass is 9.95. The largest absolute Gasteiger partial charge is 0.496 e. The molecule has 4 rings (SSSR count). The fourth-order valence-corrected chi connectivity index (χ4v) is 5.27. The number of ether oxygens (including phenoxy) is 3. The van der Waals surface area contributed by atoms with Crippen LogP contribution in [0.15, 0.2) is 63.5 Å². The van der Waals surface area contributed by atoms with Crippen LogP contribution in [0.4, 0.5) is 0 Å². The van der Waals surface area contributed by atoms with E-state index in [1.54, 1.807) is 25.5 Å². The van der Waals surface area contributed by atoms with Crippen LogP contribution in [0.3, 0.4) is 0 Å². The van der Waals surface area contributed by atoms with Gasteiger partial charge in [-0.15, -0.1) is 0 Å². The number of thiazole rings is 1. The molecule has 0 fully saturated rings. The SMILES string of the molecule is CCOC(=O)C1=C(C)N=c2s/c(=C\c3ccc(OC)c(C)c3)c(=O)n2[C@H]1c1ccccc1OCC. The van der Waals surface area contributed by atoms with E-state index in [-0.39, 0.29) is 12.2 Å². The van der Waals surface area contributed by atoms with Gasteiger partial charge in [0.2, 0.25) is 0 Å². The summed E-state index contributed by atoms with van der Waals surface area (Å²) in [6.45, 7) is 8.04. The first-order valence-corrected chi connectivity index (χ1v) is 12.3. The molecule has 0 saturated carbocycles. The van der Waals surface area contributed by atoms with Crippen LogP contribution in [0, 0.1) is 6.92 Å². The van der Waals surface area contributed by atoms with Gasteiger partial charge >= 0.3 is 5.97 Å². The van der Waals surface area contributed by atoms with Crippen LogP contribution < -0.4 is 24.4 Å². The number of rotatable bonds is 7. The molecule has 3 aromatic rings. The van der Waals surface area contributed by atoms with Gasteiger partial charge in [0.25, 0.3) is 5.56 Å². The van der Waals surface area contributed by atoms with Crippen molar-refractivity contribution in [1.82, 2.24) is 4.57 Å². The van der Waals surface area contributed by atoms with Crippen LogP contribution in [0.25, 0.3) is 6.08 Å². The van der Waals surface area contributed by atoms with Crippen molar-refractivity contribution < 1.29 is 19.0 Å². The summed E-state index contributed by atoms with van der Waals surface area (Å²) in [7, 11) is 1.63. The number of benzene rings is 2. The Kier molecular flexibility index (Phi) is 7.21. The molecule has 7 nitrogen and oxygen atoms in total. The van der Waals surface area contributed by atoms with Crippen LogP contribution in [-0.4, -0.2) is 30.9 Å². The van der Waals surface area contributed by atoms with E-state index in [0.717, 1.165) is 16.9 Å². The van der Waals surface area contributed by atoms with Gasteiger partial charge in [-0.2, -0.15) is 0 Å². The first-order chi connectivity index (χ1) is 16.9. The molecule has 0 unspecified atom stereocenters. The van der Waals surface area contributed by atoms with Crippen molar-refractivity contribution in [1.29, 1.82) is 0 Å². The Labute approximate surface area is 207 Å². The Morgan fingerprint density at radius 3 is 2.57 bits per heavy atom. The van der Waals surface area contributed by atoms with Crippen molar-refractivity contribution in [2.75, 3.05) is 20.3 Å². The molecule has 182 valence electrons. The maximum absolute atomic E-state index is 13.8. The van der Waals surface area contributed by atoms with Gasteiger partial charge in [0.1, 0.15) is 17.5 Å². The second-order valence-electron chi connectivity index (χ2n) is 8.00. The van der Waals surface area contributed by atoms with E-state index >= 15 is 0 Å². The average Bonchev–Trinajstić information content (AvgIpc) is 3.13. The second-order valence-corrected chi connectivity index (χ2v) is 9.01. The third kappa shape index (κ3) is 4.66. The minimum Gasteiger partial charge on any atom is -0.496 e. The number of nitrogens with zero attached hydrogens (tertiary/aromatic N) is 2. The van der Waals surface area contributed by atoms with Crippen LogP contribution in [-0.2, 0) is 9.53 Å².